The monoisotopic (exact) mass is 284 g/mol. The van der Waals surface area contributed by atoms with Crippen LogP contribution in [-0.4, -0.2) is 17.7 Å². The summed E-state index contributed by atoms with van der Waals surface area (Å²) in [7, 11) is 0. The lowest BCUT2D eigenvalue weighted by Crippen LogP contribution is -2.20. The lowest BCUT2D eigenvalue weighted by atomic mass is 10.0. The molecule has 1 aromatic carbocycles. The van der Waals surface area contributed by atoms with E-state index in [0.29, 0.717) is 13.2 Å². The van der Waals surface area contributed by atoms with Gasteiger partial charge in [-0.3, -0.25) is 4.79 Å². The van der Waals surface area contributed by atoms with Crippen LogP contribution in [0, 0.1) is 6.92 Å². The van der Waals surface area contributed by atoms with Crippen LogP contribution in [0.25, 0.3) is 11.1 Å². The molecule has 0 spiro atoms. The Balaban J connectivity index is 2.07. The van der Waals surface area contributed by atoms with E-state index in [1.165, 1.54) is 5.56 Å². The van der Waals surface area contributed by atoms with Crippen molar-refractivity contribution in [2.24, 2.45) is 0 Å². The molecule has 0 fully saturated rings. The molecule has 0 aliphatic carbocycles. The van der Waals surface area contributed by atoms with Gasteiger partial charge in [0, 0.05) is 36.1 Å². The first-order valence-electron chi connectivity index (χ1n) is 7.35. The first kappa shape index (κ1) is 13.9. The molecule has 4 heteroatoms. The number of fused-ring (bicyclic) bond motifs is 1. The van der Waals surface area contributed by atoms with Gasteiger partial charge in [-0.25, -0.2) is 0 Å². The smallest absolute Gasteiger partial charge is 0.253 e. The van der Waals surface area contributed by atoms with Gasteiger partial charge in [-0.1, -0.05) is 12.1 Å². The second-order valence-electron chi connectivity index (χ2n) is 5.35. The summed E-state index contributed by atoms with van der Waals surface area (Å²) in [6, 6.07) is 8.29. The van der Waals surface area contributed by atoms with Crippen molar-refractivity contribution >= 4 is 5.69 Å². The second kappa shape index (κ2) is 5.74. The summed E-state index contributed by atoms with van der Waals surface area (Å²) in [6.07, 6.45) is 1.93. The summed E-state index contributed by atoms with van der Waals surface area (Å²) in [5.74, 6) is 0. The van der Waals surface area contributed by atoms with Gasteiger partial charge in [-0.15, -0.1) is 0 Å². The van der Waals surface area contributed by atoms with Gasteiger partial charge < -0.3 is 14.6 Å². The fourth-order valence-electron chi connectivity index (χ4n) is 2.66. The minimum atomic E-state index is 0.0857. The van der Waals surface area contributed by atoms with E-state index in [2.05, 4.69) is 23.5 Å². The van der Waals surface area contributed by atoms with E-state index in [0.717, 1.165) is 35.5 Å². The zero-order chi connectivity index (χ0) is 14.8. The molecule has 1 aliphatic rings. The van der Waals surface area contributed by atoms with E-state index >= 15 is 0 Å². The van der Waals surface area contributed by atoms with Crippen molar-refractivity contribution in [1.82, 2.24) is 4.57 Å². The molecule has 0 radical (unpaired) electrons. The fraction of sp³-hybridized carbons (Fsp3) is 0.353. The molecular weight excluding hydrogens is 264 g/mol. The van der Waals surface area contributed by atoms with Gasteiger partial charge in [0.1, 0.15) is 0 Å². The number of hydrogen-bond donors (Lipinski definition) is 1. The largest absolute Gasteiger partial charge is 0.382 e. The maximum atomic E-state index is 12.0. The minimum Gasteiger partial charge on any atom is -0.382 e. The van der Waals surface area contributed by atoms with Crippen LogP contribution in [0.4, 0.5) is 5.69 Å². The Bertz CT molecular complexity index is 719. The van der Waals surface area contributed by atoms with Crippen LogP contribution < -0.4 is 10.9 Å². The average molecular weight is 284 g/mol. The Morgan fingerprint density at radius 1 is 1.29 bits per heavy atom. The summed E-state index contributed by atoms with van der Waals surface area (Å²) < 4.78 is 7.29. The molecule has 0 atom stereocenters. The minimum absolute atomic E-state index is 0.0857. The van der Waals surface area contributed by atoms with Crippen LogP contribution in [0.1, 0.15) is 18.1 Å². The molecule has 1 aromatic heterocycles. The van der Waals surface area contributed by atoms with Crippen molar-refractivity contribution in [3.63, 3.8) is 0 Å². The molecule has 0 saturated carbocycles. The number of benzene rings is 1. The van der Waals surface area contributed by atoms with Crippen molar-refractivity contribution in [1.29, 1.82) is 0 Å². The Morgan fingerprint density at radius 3 is 2.95 bits per heavy atom. The number of nitrogens with zero attached hydrogens (tertiary/aromatic N) is 1. The standard InChI is InChI=1S/C17H20N2O2/c1-3-19-10-15(8-12(2)17(19)20)13-4-5-14-11-21-7-6-18-16(14)9-13/h4-5,8-10,18H,3,6-7,11H2,1-2H3. The fourth-order valence-corrected chi connectivity index (χ4v) is 2.66. The summed E-state index contributed by atoms with van der Waals surface area (Å²) in [5, 5.41) is 3.40. The van der Waals surface area contributed by atoms with E-state index in [1.807, 2.05) is 26.1 Å². The number of anilines is 1. The normalized spacial score (nSPS) is 14.2. The second-order valence-corrected chi connectivity index (χ2v) is 5.35. The Labute approximate surface area is 124 Å². The lowest BCUT2D eigenvalue weighted by molar-refractivity contribution is 0.135. The van der Waals surface area contributed by atoms with Crippen LogP contribution in [0.2, 0.25) is 0 Å². The predicted octanol–water partition coefficient (Wildman–Crippen LogP) is 2.79. The number of aromatic nitrogens is 1. The molecule has 0 saturated heterocycles. The van der Waals surface area contributed by atoms with Gasteiger partial charge in [0.15, 0.2) is 0 Å². The van der Waals surface area contributed by atoms with Crippen LogP contribution in [-0.2, 0) is 17.9 Å². The molecule has 0 bridgehead atoms. The van der Waals surface area contributed by atoms with Crippen LogP contribution >= 0.6 is 0 Å². The topological polar surface area (TPSA) is 43.3 Å². The average Bonchev–Trinajstić information content (AvgIpc) is 2.74. The molecule has 1 aliphatic heterocycles. The highest BCUT2D eigenvalue weighted by Crippen LogP contribution is 2.27. The van der Waals surface area contributed by atoms with Crippen LogP contribution in [0.15, 0.2) is 35.3 Å². The van der Waals surface area contributed by atoms with Crippen molar-refractivity contribution in [3.8, 4) is 11.1 Å². The van der Waals surface area contributed by atoms with E-state index in [-0.39, 0.29) is 5.56 Å². The van der Waals surface area contributed by atoms with Gasteiger partial charge in [0.25, 0.3) is 5.56 Å². The SMILES string of the molecule is CCn1cc(-c2ccc3c(c2)NCCOC3)cc(C)c1=O. The number of nitrogens with one attached hydrogen (secondary N) is 1. The number of rotatable bonds is 2. The summed E-state index contributed by atoms with van der Waals surface area (Å²) in [5.41, 5.74) is 5.36. The molecule has 21 heavy (non-hydrogen) atoms. The third kappa shape index (κ3) is 2.72. The van der Waals surface area contributed by atoms with Gasteiger partial charge in [-0.05, 0) is 37.1 Å². The maximum absolute atomic E-state index is 12.0. The molecule has 4 nitrogen and oxygen atoms in total. The van der Waals surface area contributed by atoms with E-state index < -0.39 is 0 Å². The molecule has 1 N–H and O–H groups in total. The molecular formula is C17H20N2O2. The first-order chi connectivity index (χ1) is 10.2. The highest BCUT2D eigenvalue weighted by molar-refractivity contribution is 5.70. The van der Waals surface area contributed by atoms with Crippen molar-refractivity contribution in [3.05, 3.63) is 51.9 Å². The molecule has 0 unspecified atom stereocenters. The number of ether oxygens (including phenoxy) is 1. The molecule has 3 rings (SSSR count). The highest BCUT2D eigenvalue weighted by Gasteiger charge is 2.10. The summed E-state index contributed by atoms with van der Waals surface area (Å²) >= 11 is 0. The van der Waals surface area contributed by atoms with Crippen molar-refractivity contribution < 1.29 is 4.74 Å². The van der Waals surface area contributed by atoms with Gasteiger partial charge in [0.05, 0.1) is 13.2 Å². The number of hydrogen-bond acceptors (Lipinski definition) is 3. The summed E-state index contributed by atoms with van der Waals surface area (Å²) in [4.78, 5) is 12.0. The number of aryl methyl sites for hydroxylation is 2. The zero-order valence-electron chi connectivity index (χ0n) is 12.5. The van der Waals surface area contributed by atoms with E-state index in [9.17, 15) is 4.79 Å². The lowest BCUT2D eigenvalue weighted by Gasteiger charge is -2.12. The van der Waals surface area contributed by atoms with Crippen LogP contribution in [0.5, 0.6) is 0 Å². The number of pyridine rings is 1. The van der Waals surface area contributed by atoms with Crippen LogP contribution in [0.3, 0.4) is 0 Å². The highest BCUT2D eigenvalue weighted by atomic mass is 16.5. The summed E-state index contributed by atoms with van der Waals surface area (Å²) in [6.45, 7) is 6.74. The Kier molecular flexibility index (Phi) is 3.80. The first-order valence-corrected chi connectivity index (χ1v) is 7.35. The van der Waals surface area contributed by atoms with E-state index in [4.69, 9.17) is 4.74 Å². The quantitative estimate of drug-likeness (QED) is 0.922. The Morgan fingerprint density at radius 2 is 2.14 bits per heavy atom. The molecule has 0 amide bonds. The third-order valence-electron chi connectivity index (χ3n) is 3.87. The Hall–Kier alpha value is -2.07. The van der Waals surface area contributed by atoms with Crippen molar-refractivity contribution in [2.75, 3.05) is 18.5 Å². The van der Waals surface area contributed by atoms with Gasteiger partial charge in [0.2, 0.25) is 0 Å². The predicted molar refractivity (Wildman–Crippen MR) is 84.7 cm³/mol. The van der Waals surface area contributed by atoms with Gasteiger partial charge in [-0.2, -0.15) is 0 Å². The maximum Gasteiger partial charge on any atom is 0.253 e. The van der Waals surface area contributed by atoms with Crippen molar-refractivity contribution in [2.45, 2.75) is 27.0 Å². The van der Waals surface area contributed by atoms with Gasteiger partial charge >= 0.3 is 0 Å². The zero-order valence-corrected chi connectivity index (χ0v) is 12.5. The van der Waals surface area contributed by atoms with E-state index in [1.54, 1.807) is 4.57 Å². The molecule has 2 heterocycles. The third-order valence-corrected chi connectivity index (χ3v) is 3.87. The molecule has 110 valence electrons. The molecule has 2 aromatic rings.